The van der Waals surface area contributed by atoms with Crippen LogP contribution in [0.3, 0.4) is 0 Å². The molecule has 1 N–H and O–H groups in total. The second-order valence-electron chi connectivity index (χ2n) is 6.16. The molecule has 0 spiro atoms. The summed E-state index contributed by atoms with van der Waals surface area (Å²) >= 11 is 0. The second-order valence-corrected chi connectivity index (χ2v) is 6.16. The van der Waals surface area contributed by atoms with E-state index in [1.807, 2.05) is 13.8 Å². The number of hydrogen-bond acceptors (Lipinski definition) is 4. The van der Waals surface area contributed by atoms with Crippen LogP contribution in [0.1, 0.15) is 26.3 Å². The first kappa shape index (κ1) is 18.9. The lowest BCUT2D eigenvalue weighted by molar-refractivity contribution is -0.123. The summed E-state index contributed by atoms with van der Waals surface area (Å²) in [6.45, 7) is 6.01. The first-order valence-electron chi connectivity index (χ1n) is 7.45. The SMILES string of the molecule is COc1ccc(CN(C)CC(=O)N[C@@](C)(C#N)C(C)C)cc1F. The van der Waals surface area contributed by atoms with E-state index in [1.165, 1.54) is 13.2 Å². The number of rotatable bonds is 7. The molecule has 0 heterocycles. The van der Waals surface area contributed by atoms with Crippen molar-refractivity contribution in [3.8, 4) is 11.8 Å². The van der Waals surface area contributed by atoms with Gasteiger partial charge in [0.05, 0.1) is 19.7 Å². The van der Waals surface area contributed by atoms with Gasteiger partial charge in [0.1, 0.15) is 5.54 Å². The number of benzene rings is 1. The molecule has 126 valence electrons. The molecular formula is C17H24FN3O2. The van der Waals surface area contributed by atoms with Crippen molar-refractivity contribution in [2.24, 2.45) is 5.92 Å². The third-order valence-electron chi connectivity index (χ3n) is 3.87. The molecule has 1 rings (SSSR count). The molecule has 6 heteroatoms. The van der Waals surface area contributed by atoms with Crippen LogP contribution in [0.4, 0.5) is 4.39 Å². The van der Waals surface area contributed by atoms with Crippen LogP contribution >= 0.6 is 0 Å². The van der Waals surface area contributed by atoms with Gasteiger partial charge in [-0.2, -0.15) is 5.26 Å². The molecule has 1 aromatic carbocycles. The minimum atomic E-state index is -0.899. The molecule has 0 radical (unpaired) electrons. The topological polar surface area (TPSA) is 65.4 Å². The van der Waals surface area contributed by atoms with Gasteiger partial charge < -0.3 is 10.1 Å². The monoisotopic (exact) mass is 321 g/mol. The van der Waals surface area contributed by atoms with E-state index in [2.05, 4.69) is 11.4 Å². The Morgan fingerprint density at radius 1 is 1.52 bits per heavy atom. The van der Waals surface area contributed by atoms with Crippen molar-refractivity contribution in [2.45, 2.75) is 32.9 Å². The number of methoxy groups -OCH3 is 1. The van der Waals surface area contributed by atoms with Crippen LogP contribution in [-0.2, 0) is 11.3 Å². The third kappa shape index (κ3) is 5.22. The summed E-state index contributed by atoms with van der Waals surface area (Å²) in [5, 5.41) is 12.0. The molecule has 0 aliphatic carbocycles. The molecule has 1 atom stereocenters. The molecule has 0 aromatic heterocycles. The number of likely N-dealkylation sites (N-methyl/N-ethyl adjacent to an activating group) is 1. The van der Waals surface area contributed by atoms with Crippen LogP contribution < -0.4 is 10.1 Å². The highest BCUT2D eigenvalue weighted by Crippen LogP contribution is 2.18. The van der Waals surface area contributed by atoms with Gasteiger partial charge in [-0.15, -0.1) is 0 Å². The van der Waals surface area contributed by atoms with Crippen molar-refractivity contribution in [2.75, 3.05) is 20.7 Å². The number of ether oxygens (including phenoxy) is 1. The van der Waals surface area contributed by atoms with Gasteiger partial charge in [-0.25, -0.2) is 4.39 Å². The molecule has 1 aromatic rings. The van der Waals surface area contributed by atoms with E-state index in [9.17, 15) is 14.4 Å². The minimum Gasteiger partial charge on any atom is -0.494 e. The number of carbonyl (C=O) groups is 1. The molecule has 0 bridgehead atoms. The Labute approximate surface area is 137 Å². The Balaban J connectivity index is 2.63. The first-order valence-corrected chi connectivity index (χ1v) is 7.45. The van der Waals surface area contributed by atoms with Crippen LogP contribution in [0.2, 0.25) is 0 Å². The van der Waals surface area contributed by atoms with Crippen molar-refractivity contribution in [3.63, 3.8) is 0 Å². The highest BCUT2D eigenvalue weighted by atomic mass is 19.1. The fraction of sp³-hybridized carbons (Fsp3) is 0.529. The van der Waals surface area contributed by atoms with Crippen molar-refractivity contribution in [1.82, 2.24) is 10.2 Å². The zero-order chi connectivity index (χ0) is 17.6. The summed E-state index contributed by atoms with van der Waals surface area (Å²) in [7, 11) is 3.18. The van der Waals surface area contributed by atoms with Gasteiger partial charge >= 0.3 is 0 Å². The van der Waals surface area contributed by atoms with E-state index in [-0.39, 0.29) is 24.1 Å². The minimum absolute atomic E-state index is 0.00237. The predicted octanol–water partition coefficient (Wildman–Crippen LogP) is 2.32. The van der Waals surface area contributed by atoms with Gasteiger partial charge in [-0.05, 0) is 37.6 Å². The quantitative estimate of drug-likeness (QED) is 0.837. The lowest BCUT2D eigenvalue weighted by Crippen LogP contribution is -2.51. The maximum Gasteiger partial charge on any atom is 0.235 e. The standard InChI is InChI=1S/C17H24FN3O2/c1-12(2)17(3,11-19)20-16(22)10-21(4)9-13-6-7-15(23-5)14(18)8-13/h6-8,12H,9-10H2,1-5H3,(H,20,22)/t17-/m0/s1. The lowest BCUT2D eigenvalue weighted by Gasteiger charge is -2.28. The van der Waals surface area contributed by atoms with Gasteiger partial charge in [0.25, 0.3) is 0 Å². The molecule has 0 saturated heterocycles. The largest absolute Gasteiger partial charge is 0.494 e. The molecule has 5 nitrogen and oxygen atoms in total. The molecular weight excluding hydrogens is 297 g/mol. The summed E-state index contributed by atoms with van der Waals surface area (Å²) in [4.78, 5) is 13.9. The zero-order valence-electron chi connectivity index (χ0n) is 14.3. The van der Waals surface area contributed by atoms with Crippen molar-refractivity contribution < 1.29 is 13.9 Å². The highest BCUT2D eigenvalue weighted by molar-refractivity contribution is 5.79. The summed E-state index contributed by atoms with van der Waals surface area (Å²) < 4.78 is 18.5. The fourth-order valence-electron chi connectivity index (χ4n) is 2.05. The molecule has 0 fully saturated rings. The van der Waals surface area contributed by atoms with Crippen molar-refractivity contribution in [1.29, 1.82) is 5.26 Å². The molecule has 0 aliphatic rings. The Hall–Kier alpha value is -2.13. The van der Waals surface area contributed by atoms with E-state index in [0.29, 0.717) is 6.54 Å². The van der Waals surface area contributed by atoms with Crippen LogP contribution in [0.25, 0.3) is 0 Å². The van der Waals surface area contributed by atoms with Gasteiger partial charge in [0.2, 0.25) is 5.91 Å². The average Bonchev–Trinajstić information content (AvgIpc) is 2.46. The van der Waals surface area contributed by atoms with Crippen LogP contribution in [0.15, 0.2) is 18.2 Å². The number of amides is 1. The summed E-state index contributed by atoms with van der Waals surface area (Å²) in [6.07, 6.45) is 0. The Bertz CT molecular complexity index is 598. The highest BCUT2D eigenvalue weighted by Gasteiger charge is 2.30. The molecule has 23 heavy (non-hydrogen) atoms. The maximum absolute atomic E-state index is 13.7. The number of hydrogen-bond donors (Lipinski definition) is 1. The Kier molecular flexibility index (Phi) is 6.52. The van der Waals surface area contributed by atoms with Crippen LogP contribution in [0, 0.1) is 23.1 Å². The van der Waals surface area contributed by atoms with Gasteiger partial charge in [-0.1, -0.05) is 19.9 Å². The number of nitrogens with one attached hydrogen (secondary N) is 1. The number of halogens is 1. The zero-order valence-corrected chi connectivity index (χ0v) is 14.3. The molecule has 1 amide bonds. The Morgan fingerprint density at radius 2 is 2.17 bits per heavy atom. The fourth-order valence-corrected chi connectivity index (χ4v) is 2.05. The summed E-state index contributed by atoms with van der Waals surface area (Å²) in [6, 6.07) is 6.84. The van der Waals surface area contributed by atoms with Crippen molar-refractivity contribution >= 4 is 5.91 Å². The van der Waals surface area contributed by atoms with E-state index in [0.717, 1.165) is 5.56 Å². The normalized spacial score (nSPS) is 13.5. The van der Waals surface area contributed by atoms with Gasteiger partial charge in [0.15, 0.2) is 11.6 Å². The first-order chi connectivity index (χ1) is 10.7. The third-order valence-corrected chi connectivity index (χ3v) is 3.87. The lowest BCUT2D eigenvalue weighted by atomic mass is 9.90. The average molecular weight is 321 g/mol. The molecule has 0 saturated carbocycles. The Morgan fingerprint density at radius 3 is 2.65 bits per heavy atom. The maximum atomic E-state index is 13.7. The molecule has 0 unspecified atom stereocenters. The van der Waals surface area contributed by atoms with E-state index in [1.54, 1.807) is 31.0 Å². The number of carbonyl (C=O) groups excluding carboxylic acids is 1. The summed E-state index contributed by atoms with van der Waals surface area (Å²) in [5.74, 6) is -0.479. The van der Waals surface area contributed by atoms with E-state index in [4.69, 9.17) is 4.74 Å². The van der Waals surface area contributed by atoms with Crippen LogP contribution in [0.5, 0.6) is 5.75 Å². The second kappa shape index (κ2) is 7.93. The molecule has 0 aliphatic heterocycles. The van der Waals surface area contributed by atoms with E-state index >= 15 is 0 Å². The van der Waals surface area contributed by atoms with Crippen molar-refractivity contribution in [3.05, 3.63) is 29.6 Å². The number of nitrogens with zero attached hydrogens (tertiary/aromatic N) is 2. The smallest absolute Gasteiger partial charge is 0.235 e. The van der Waals surface area contributed by atoms with Gasteiger partial charge in [0, 0.05) is 6.54 Å². The predicted molar refractivity (Wildman–Crippen MR) is 86.3 cm³/mol. The van der Waals surface area contributed by atoms with Gasteiger partial charge in [-0.3, -0.25) is 9.69 Å². The summed E-state index contributed by atoms with van der Waals surface area (Å²) in [5.41, 5.74) is -0.157. The number of nitriles is 1. The van der Waals surface area contributed by atoms with Crippen LogP contribution in [-0.4, -0.2) is 37.0 Å². The van der Waals surface area contributed by atoms with E-state index < -0.39 is 11.4 Å².